The Balaban J connectivity index is 1.89. The number of anilines is 2. The Morgan fingerprint density at radius 1 is 1.12 bits per heavy atom. The van der Waals surface area contributed by atoms with Gasteiger partial charge in [-0.3, -0.25) is 4.79 Å². The van der Waals surface area contributed by atoms with E-state index in [1.807, 2.05) is 16.7 Å². The van der Waals surface area contributed by atoms with Crippen LogP contribution < -0.4 is 20.1 Å². The second kappa shape index (κ2) is 7.00. The van der Waals surface area contributed by atoms with Gasteiger partial charge in [0.25, 0.3) is 0 Å². The maximum Gasteiger partial charge on any atom is 0.228 e. The molecule has 1 aromatic heterocycles. The number of methoxy groups -OCH3 is 2. The molecule has 0 saturated carbocycles. The highest BCUT2D eigenvalue weighted by Gasteiger charge is 2.22. The summed E-state index contributed by atoms with van der Waals surface area (Å²) in [6, 6.07) is 3.58. The van der Waals surface area contributed by atoms with Crippen LogP contribution in [0.5, 0.6) is 11.5 Å². The van der Waals surface area contributed by atoms with E-state index in [9.17, 15) is 4.79 Å². The highest BCUT2D eigenvalue weighted by molar-refractivity contribution is 5.91. The molecule has 0 aliphatic carbocycles. The standard InChI is InChI=1S/C17H23N5O3/c1-4-15(23)21-5-7-22(8-6-21)17-19-12-10-14(25-3)13(24-2)9-11(12)16(18)20-17/h9-10H,4-8H2,1-3H3,(H2,18,19,20). The first kappa shape index (κ1) is 17.1. The van der Waals surface area contributed by atoms with Crippen LogP contribution in [0.15, 0.2) is 12.1 Å². The smallest absolute Gasteiger partial charge is 0.228 e. The summed E-state index contributed by atoms with van der Waals surface area (Å²) in [6.45, 7) is 4.58. The number of benzene rings is 1. The second-order valence-corrected chi connectivity index (χ2v) is 5.85. The van der Waals surface area contributed by atoms with Crippen LogP contribution in [0.25, 0.3) is 10.9 Å². The number of hydrogen-bond donors (Lipinski definition) is 1. The number of hydrogen-bond acceptors (Lipinski definition) is 7. The van der Waals surface area contributed by atoms with Crippen molar-refractivity contribution in [3.63, 3.8) is 0 Å². The van der Waals surface area contributed by atoms with Crippen molar-refractivity contribution in [2.75, 3.05) is 51.0 Å². The quantitative estimate of drug-likeness (QED) is 0.892. The average Bonchev–Trinajstić information content (AvgIpc) is 2.66. The van der Waals surface area contributed by atoms with Crippen LogP contribution in [0.4, 0.5) is 11.8 Å². The van der Waals surface area contributed by atoms with Crippen molar-refractivity contribution in [2.45, 2.75) is 13.3 Å². The fourth-order valence-electron chi connectivity index (χ4n) is 2.99. The molecule has 1 fully saturated rings. The minimum atomic E-state index is 0.176. The zero-order valence-corrected chi connectivity index (χ0v) is 14.8. The molecule has 25 heavy (non-hydrogen) atoms. The molecule has 8 nitrogen and oxygen atoms in total. The van der Waals surface area contributed by atoms with Crippen molar-refractivity contribution >= 4 is 28.6 Å². The van der Waals surface area contributed by atoms with Gasteiger partial charge in [0.05, 0.1) is 19.7 Å². The number of amides is 1. The SMILES string of the molecule is CCC(=O)N1CCN(c2nc(N)c3cc(OC)c(OC)cc3n2)CC1. The van der Waals surface area contributed by atoms with Gasteiger partial charge in [-0.15, -0.1) is 0 Å². The van der Waals surface area contributed by atoms with E-state index in [0.717, 1.165) is 5.39 Å². The summed E-state index contributed by atoms with van der Waals surface area (Å²) in [5.41, 5.74) is 6.84. The topological polar surface area (TPSA) is 93.8 Å². The van der Waals surface area contributed by atoms with Crippen LogP contribution in [0.3, 0.4) is 0 Å². The summed E-state index contributed by atoms with van der Waals surface area (Å²) < 4.78 is 10.6. The predicted octanol–water partition coefficient (Wildman–Crippen LogP) is 1.29. The number of piperazine rings is 1. The van der Waals surface area contributed by atoms with E-state index in [4.69, 9.17) is 15.2 Å². The first-order chi connectivity index (χ1) is 12.1. The summed E-state index contributed by atoms with van der Waals surface area (Å²) >= 11 is 0. The van der Waals surface area contributed by atoms with Crippen molar-refractivity contribution < 1.29 is 14.3 Å². The largest absolute Gasteiger partial charge is 0.493 e. The summed E-state index contributed by atoms with van der Waals surface area (Å²) in [6.07, 6.45) is 0.529. The van der Waals surface area contributed by atoms with E-state index in [-0.39, 0.29) is 5.91 Å². The Morgan fingerprint density at radius 2 is 1.76 bits per heavy atom. The predicted molar refractivity (Wildman–Crippen MR) is 96.1 cm³/mol. The molecule has 0 atom stereocenters. The lowest BCUT2D eigenvalue weighted by Gasteiger charge is -2.34. The van der Waals surface area contributed by atoms with Gasteiger partial charge in [-0.1, -0.05) is 6.92 Å². The summed E-state index contributed by atoms with van der Waals surface area (Å²) in [5.74, 6) is 2.33. The molecule has 0 bridgehead atoms. The highest BCUT2D eigenvalue weighted by atomic mass is 16.5. The van der Waals surface area contributed by atoms with Crippen LogP contribution >= 0.6 is 0 Å². The summed E-state index contributed by atoms with van der Waals surface area (Å²) in [4.78, 5) is 24.8. The van der Waals surface area contributed by atoms with Gasteiger partial charge >= 0.3 is 0 Å². The molecule has 134 valence electrons. The van der Waals surface area contributed by atoms with Crippen LogP contribution in [0.2, 0.25) is 0 Å². The fourth-order valence-corrected chi connectivity index (χ4v) is 2.99. The highest BCUT2D eigenvalue weighted by Crippen LogP contribution is 2.34. The first-order valence-corrected chi connectivity index (χ1v) is 8.29. The van der Waals surface area contributed by atoms with Crippen molar-refractivity contribution in [3.05, 3.63) is 12.1 Å². The molecule has 8 heteroatoms. The number of carbonyl (C=O) groups is 1. The Hall–Kier alpha value is -2.77. The molecule has 2 N–H and O–H groups in total. The number of rotatable bonds is 4. The van der Waals surface area contributed by atoms with Crippen LogP contribution in [0.1, 0.15) is 13.3 Å². The van der Waals surface area contributed by atoms with Gasteiger partial charge in [-0.25, -0.2) is 4.98 Å². The third-order valence-electron chi connectivity index (χ3n) is 4.44. The van der Waals surface area contributed by atoms with Crippen LogP contribution in [0, 0.1) is 0 Å². The van der Waals surface area contributed by atoms with Crippen molar-refractivity contribution in [3.8, 4) is 11.5 Å². The zero-order chi connectivity index (χ0) is 18.0. The molecular weight excluding hydrogens is 322 g/mol. The second-order valence-electron chi connectivity index (χ2n) is 5.85. The molecule has 1 aromatic carbocycles. The van der Waals surface area contributed by atoms with Gasteiger partial charge in [0, 0.05) is 44.1 Å². The lowest BCUT2D eigenvalue weighted by atomic mass is 10.2. The third kappa shape index (κ3) is 3.24. The number of nitrogens with zero attached hydrogens (tertiary/aromatic N) is 4. The van der Waals surface area contributed by atoms with Crippen molar-refractivity contribution in [1.82, 2.24) is 14.9 Å². The van der Waals surface area contributed by atoms with Gasteiger partial charge in [0.2, 0.25) is 11.9 Å². The van der Waals surface area contributed by atoms with E-state index in [0.29, 0.717) is 61.4 Å². The monoisotopic (exact) mass is 345 g/mol. The molecule has 1 aliphatic heterocycles. The summed E-state index contributed by atoms with van der Waals surface area (Å²) in [7, 11) is 3.16. The molecular formula is C17H23N5O3. The zero-order valence-electron chi connectivity index (χ0n) is 14.8. The van der Waals surface area contributed by atoms with Crippen LogP contribution in [-0.4, -0.2) is 61.2 Å². The van der Waals surface area contributed by atoms with E-state index in [1.54, 1.807) is 26.4 Å². The van der Waals surface area contributed by atoms with Gasteiger partial charge in [0.1, 0.15) is 5.82 Å². The minimum absolute atomic E-state index is 0.176. The van der Waals surface area contributed by atoms with Crippen molar-refractivity contribution in [2.24, 2.45) is 0 Å². The Kier molecular flexibility index (Phi) is 4.78. The maximum absolute atomic E-state index is 11.8. The van der Waals surface area contributed by atoms with Gasteiger partial charge in [-0.05, 0) is 6.07 Å². The van der Waals surface area contributed by atoms with Gasteiger partial charge in [-0.2, -0.15) is 4.98 Å². The first-order valence-electron chi connectivity index (χ1n) is 8.29. The maximum atomic E-state index is 11.8. The van der Waals surface area contributed by atoms with Crippen LogP contribution in [-0.2, 0) is 4.79 Å². The number of ether oxygens (including phenoxy) is 2. The number of carbonyl (C=O) groups excluding carboxylic acids is 1. The van der Waals surface area contributed by atoms with E-state index in [1.165, 1.54) is 0 Å². The fraction of sp³-hybridized carbons (Fsp3) is 0.471. The number of nitrogen functional groups attached to an aromatic ring is 1. The Bertz CT molecular complexity index is 787. The average molecular weight is 345 g/mol. The molecule has 3 rings (SSSR count). The van der Waals surface area contributed by atoms with Gasteiger partial charge < -0.3 is 25.0 Å². The molecule has 2 heterocycles. The number of nitrogens with two attached hydrogens (primary N) is 1. The van der Waals surface area contributed by atoms with Crippen molar-refractivity contribution in [1.29, 1.82) is 0 Å². The molecule has 1 aliphatic rings. The Morgan fingerprint density at radius 3 is 2.36 bits per heavy atom. The van der Waals surface area contributed by atoms with Gasteiger partial charge in [0.15, 0.2) is 11.5 Å². The number of fused-ring (bicyclic) bond motifs is 1. The minimum Gasteiger partial charge on any atom is -0.493 e. The van der Waals surface area contributed by atoms with E-state index < -0.39 is 0 Å². The summed E-state index contributed by atoms with van der Waals surface area (Å²) in [5, 5.41) is 0.723. The molecule has 1 saturated heterocycles. The lowest BCUT2D eigenvalue weighted by molar-refractivity contribution is -0.131. The third-order valence-corrected chi connectivity index (χ3v) is 4.44. The normalized spacial score (nSPS) is 14.7. The lowest BCUT2D eigenvalue weighted by Crippen LogP contribution is -2.49. The Labute approximate surface area is 146 Å². The molecule has 0 spiro atoms. The van der Waals surface area contributed by atoms with E-state index >= 15 is 0 Å². The molecule has 2 aromatic rings. The number of aromatic nitrogens is 2. The molecule has 0 radical (unpaired) electrons. The molecule has 1 amide bonds. The molecule has 0 unspecified atom stereocenters. The van der Waals surface area contributed by atoms with E-state index in [2.05, 4.69) is 9.97 Å².